The van der Waals surface area contributed by atoms with Gasteiger partial charge in [-0.2, -0.15) is 16.9 Å². The SMILES string of the molecule is C#CCn1ncc(NC(C)C(CO)SC)c(Br)c1=O. The van der Waals surface area contributed by atoms with Gasteiger partial charge >= 0.3 is 0 Å². The van der Waals surface area contributed by atoms with Gasteiger partial charge in [-0.25, -0.2) is 4.68 Å². The maximum Gasteiger partial charge on any atom is 0.284 e. The van der Waals surface area contributed by atoms with Crippen LogP contribution in [0.3, 0.4) is 0 Å². The van der Waals surface area contributed by atoms with E-state index in [9.17, 15) is 9.90 Å². The van der Waals surface area contributed by atoms with Gasteiger partial charge in [0.2, 0.25) is 0 Å². The smallest absolute Gasteiger partial charge is 0.284 e. The van der Waals surface area contributed by atoms with E-state index in [0.717, 1.165) is 0 Å². The van der Waals surface area contributed by atoms with Crippen molar-refractivity contribution < 1.29 is 5.11 Å². The molecule has 1 rings (SSSR count). The summed E-state index contributed by atoms with van der Waals surface area (Å²) in [4.78, 5) is 11.9. The van der Waals surface area contributed by atoms with E-state index in [1.165, 1.54) is 4.68 Å². The van der Waals surface area contributed by atoms with E-state index < -0.39 is 0 Å². The fraction of sp³-hybridized carbons (Fsp3) is 0.500. The number of terminal acetylenes is 1. The number of anilines is 1. The van der Waals surface area contributed by atoms with Crippen LogP contribution >= 0.6 is 27.7 Å². The summed E-state index contributed by atoms with van der Waals surface area (Å²) in [6.45, 7) is 2.14. The van der Waals surface area contributed by atoms with Crippen LogP contribution in [0.4, 0.5) is 5.69 Å². The van der Waals surface area contributed by atoms with Gasteiger partial charge in [0.25, 0.3) is 5.56 Å². The molecular weight excluding hydrogens is 330 g/mol. The fourth-order valence-corrected chi connectivity index (χ4v) is 2.59. The summed E-state index contributed by atoms with van der Waals surface area (Å²) in [5.41, 5.74) is 0.318. The first-order chi connectivity index (χ1) is 9.04. The molecule has 19 heavy (non-hydrogen) atoms. The van der Waals surface area contributed by atoms with Crippen molar-refractivity contribution >= 4 is 33.4 Å². The summed E-state index contributed by atoms with van der Waals surface area (Å²) in [5.74, 6) is 2.37. The van der Waals surface area contributed by atoms with Crippen molar-refractivity contribution in [3.63, 3.8) is 0 Å². The summed E-state index contributed by atoms with van der Waals surface area (Å²) in [6, 6.07) is 0.000911. The molecule has 1 aromatic rings. The highest BCUT2D eigenvalue weighted by Gasteiger charge is 2.17. The zero-order chi connectivity index (χ0) is 14.4. The van der Waals surface area contributed by atoms with Crippen molar-refractivity contribution in [2.75, 3.05) is 18.2 Å². The summed E-state index contributed by atoms with van der Waals surface area (Å²) in [5, 5.41) is 16.4. The number of thioether (sulfide) groups is 1. The molecule has 0 fully saturated rings. The molecule has 0 aliphatic heterocycles. The summed E-state index contributed by atoms with van der Waals surface area (Å²) < 4.78 is 1.60. The van der Waals surface area contributed by atoms with Gasteiger partial charge in [-0.15, -0.1) is 6.42 Å². The Bertz CT molecular complexity index is 523. The van der Waals surface area contributed by atoms with E-state index >= 15 is 0 Å². The predicted octanol–water partition coefficient (Wildman–Crippen LogP) is 1.16. The second kappa shape index (κ2) is 7.58. The lowest BCUT2D eigenvalue weighted by Crippen LogP contribution is -2.32. The summed E-state index contributed by atoms with van der Waals surface area (Å²) >= 11 is 4.81. The van der Waals surface area contributed by atoms with Crippen molar-refractivity contribution in [2.45, 2.75) is 24.8 Å². The van der Waals surface area contributed by atoms with Crippen LogP contribution in [0.5, 0.6) is 0 Å². The van der Waals surface area contributed by atoms with E-state index in [4.69, 9.17) is 6.42 Å². The average Bonchev–Trinajstić information content (AvgIpc) is 2.40. The Balaban J connectivity index is 2.95. The second-order valence-electron chi connectivity index (χ2n) is 3.93. The van der Waals surface area contributed by atoms with E-state index in [-0.39, 0.29) is 30.0 Å². The van der Waals surface area contributed by atoms with Crippen molar-refractivity contribution in [1.82, 2.24) is 9.78 Å². The third-order valence-corrected chi connectivity index (χ3v) is 4.58. The van der Waals surface area contributed by atoms with Crippen molar-refractivity contribution in [1.29, 1.82) is 0 Å². The van der Waals surface area contributed by atoms with Gasteiger partial charge in [0, 0.05) is 11.3 Å². The molecule has 0 bridgehead atoms. The van der Waals surface area contributed by atoms with Gasteiger partial charge in [0.15, 0.2) is 0 Å². The third-order valence-electron chi connectivity index (χ3n) is 2.65. The lowest BCUT2D eigenvalue weighted by Gasteiger charge is -2.22. The molecule has 0 spiro atoms. The zero-order valence-corrected chi connectivity index (χ0v) is 13.2. The van der Waals surface area contributed by atoms with Crippen LogP contribution in [0.25, 0.3) is 0 Å². The molecule has 0 aliphatic rings. The summed E-state index contributed by atoms with van der Waals surface area (Å²) in [7, 11) is 0. The molecule has 2 unspecified atom stereocenters. The largest absolute Gasteiger partial charge is 0.395 e. The molecule has 0 amide bonds. The Kier molecular flexibility index (Phi) is 6.42. The molecule has 0 saturated carbocycles. The molecule has 0 radical (unpaired) electrons. The maximum absolute atomic E-state index is 11.9. The highest BCUT2D eigenvalue weighted by molar-refractivity contribution is 9.10. The number of aliphatic hydroxyl groups excluding tert-OH is 1. The minimum atomic E-state index is -0.278. The zero-order valence-electron chi connectivity index (χ0n) is 10.8. The standard InChI is InChI=1S/C12H16BrN3O2S/c1-4-5-16-12(18)11(13)9(6-14-16)15-8(2)10(7-17)19-3/h1,6,8,10,15,17H,5,7H2,2-3H3. The van der Waals surface area contributed by atoms with Crippen LogP contribution in [0.15, 0.2) is 15.5 Å². The van der Waals surface area contributed by atoms with Crippen LogP contribution in [-0.2, 0) is 6.54 Å². The number of hydrogen-bond donors (Lipinski definition) is 2. The Hall–Kier alpha value is -0.970. The van der Waals surface area contributed by atoms with Crippen LogP contribution in [0.1, 0.15) is 6.92 Å². The minimum absolute atomic E-state index is 0.000911. The molecule has 0 saturated heterocycles. The fourth-order valence-electron chi connectivity index (χ4n) is 1.54. The Morgan fingerprint density at radius 2 is 2.42 bits per heavy atom. The van der Waals surface area contributed by atoms with Crippen LogP contribution in [-0.4, -0.2) is 39.0 Å². The van der Waals surface area contributed by atoms with Gasteiger partial charge in [-0.3, -0.25) is 4.79 Å². The van der Waals surface area contributed by atoms with Crippen LogP contribution in [0.2, 0.25) is 0 Å². The molecule has 1 heterocycles. The third kappa shape index (κ3) is 4.00. The summed E-state index contributed by atoms with van der Waals surface area (Å²) in [6.07, 6.45) is 8.64. The Morgan fingerprint density at radius 1 is 1.74 bits per heavy atom. The number of aromatic nitrogens is 2. The van der Waals surface area contributed by atoms with Gasteiger partial charge < -0.3 is 10.4 Å². The monoisotopic (exact) mass is 345 g/mol. The lowest BCUT2D eigenvalue weighted by molar-refractivity contribution is 0.288. The van der Waals surface area contributed by atoms with Gasteiger partial charge in [-0.1, -0.05) is 5.92 Å². The molecule has 2 atom stereocenters. The molecule has 0 aromatic carbocycles. The maximum atomic E-state index is 11.9. The lowest BCUT2D eigenvalue weighted by atomic mass is 10.2. The number of nitrogens with zero attached hydrogens (tertiary/aromatic N) is 2. The number of aliphatic hydroxyl groups is 1. The molecule has 0 aliphatic carbocycles. The molecule has 1 aromatic heterocycles. The van der Waals surface area contributed by atoms with Crippen molar-refractivity contribution in [3.05, 3.63) is 21.0 Å². The first kappa shape index (κ1) is 16.1. The first-order valence-electron chi connectivity index (χ1n) is 5.64. The molecule has 2 N–H and O–H groups in total. The molecule has 104 valence electrons. The van der Waals surface area contributed by atoms with Gasteiger partial charge in [0.1, 0.15) is 11.0 Å². The number of hydrogen-bond acceptors (Lipinski definition) is 5. The van der Waals surface area contributed by atoms with Crippen LogP contribution in [0, 0.1) is 12.3 Å². The van der Waals surface area contributed by atoms with E-state index in [0.29, 0.717) is 10.2 Å². The van der Waals surface area contributed by atoms with Crippen molar-refractivity contribution in [2.24, 2.45) is 0 Å². The highest BCUT2D eigenvalue weighted by atomic mass is 79.9. The second-order valence-corrected chi connectivity index (χ2v) is 5.80. The van der Waals surface area contributed by atoms with E-state index in [1.54, 1.807) is 18.0 Å². The average molecular weight is 346 g/mol. The highest BCUT2D eigenvalue weighted by Crippen LogP contribution is 2.20. The molecular formula is C12H16BrN3O2S. The van der Waals surface area contributed by atoms with Crippen molar-refractivity contribution in [3.8, 4) is 12.3 Å². The normalized spacial score (nSPS) is 13.6. The number of halogens is 1. The van der Waals surface area contributed by atoms with E-state index in [1.807, 2.05) is 13.2 Å². The predicted molar refractivity (Wildman–Crippen MR) is 82.5 cm³/mol. The number of nitrogens with one attached hydrogen (secondary N) is 1. The van der Waals surface area contributed by atoms with Gasteiger partial charge in [-0.05, 0) is 29.1 Å². The number of rotatable bonds is 6. The minimum Gasteiger partial charge on any atom is -0.395 e. The topological polar surface area (TPSA) is 67.2 Å². The molecule has 7 heteroatoms. The van der Waals surface area contributed by atoms with E-state index in [2.05, 4.69) is 32.3 Å². The quantitative estimate of drug-likeness (QED) is 0.757. The van der Waals surface area contributed by atoms with Gasteiger partial charge in [0.05, 0.1) is 18.5 Å². The van der Waals surface area contributed by atoms with Crippen LogP contribution < -0.4 is 10.9 Å². The Morgan fingerprint density at radius 3 is 2.95 bits per heavy atom. The first-order valence-corrected chi connectivity index (χ1v) is 7.72. The Labute approximate surface area is 124 Å². The molecule has 5 nitrogen and oxygen atoms in total.